The van der Waals surface area contributed by atoms with E-state index in [0.717, 1.165) is 19.1 Å². The first-order valence-corrected chi connectivity index (χ1v) is 6.65. The molecule has 2 aliphatic rings. The number of hydrogen-bond acceptors (Lipinski definition) is 3. The summed E-state index contributed by atoms with van der Waals surface area (Å²) in [4.78, 5) is 5.54. The molecule has 1 aromatic rings. The van der Waals surface area contributed by atoms with Gasteiger partial charge in [-0.1, -0.05) is 0 Å². The van der Waals surface area contributed by atoms with E-state index < -0.39 is 0 Å². The van der Waals surface area contributed by atoms with Crippen LogP contribution in [-0.4, -0.2) is 24.5 Å². The number of thiophene rings is 1. The summed E-state index contributed by atoms with van der Waals surface area (Å²) < 4.78 is 0. The molecule has 15 heavy (non-hydrogen) atoms. The van der Waals surface area contributed by atoms with Crippen molar-refractivity contribution in [2.24, 2.45) is 0 Å². The Balaban J connectivity index is 1.68. The summed E-state index contributed by atoms with van der Waals surface area (Å²) in [6, 6.07) is 3.24. The molecule has 1 aliphatic heterocycles. The van der Waals surface area contributed by atoms with Crippen molar-refractivity contribution in [2.75, 3.05) is 13.6 Å². The maximum absolute atomic E-state index is 3.59. The first-order valence-electron chi connectivity index (χ1n) is 5.83. The van der Waals surface area contributed by atoms with Crippen molar-refractivity contribution in [2.45, 2.75) is 38.4 Å². The standard InChI is InChI=1S/C12H18N2S/c1-14-5-4-9-6-11(15-12(9)8-14)7-13-10-2-3-10/h6,10,13H,2-5,7-8H2,1H3. The van der Waals surface area contributed by atoms with E-state index in [1.807, 2.05) is 11.3 Å². The topological polar surface area (TPSA) is 15.3 Å². The van der Waals surface area contributed by atoms with E-state index in [9.17, 15) is 0 Å². The van der Waals surface area contributed by atoms with Crippen molar-refractivity contribution in [1.82, 2.24) is 10.2 Å². The summed E-state index contributed by atoms with van der Waals surface area (Å²) >= 11 is 2.00. The third-order valence-electron chi connectivity index (χ3n) is 3.27. The first kappa shape index (κ1) is 9.82. The Morgan fingerprint density at radius 1 is 1.53 bits per heavy atom. The van der Waals surface area contributed by atoms with Crippen LogP contribution in [0.1, 0.15) is 28.2 Å². The third-order valence-corrected chi connectivity index (χ3v) is 4.43. The quantitative estimate of drug-likeness (QED) is 0.841. The monoisotopic (exact) mass is 222 g/mol. The zero-order chi connectivity index (χ0) is 10.3. The van der Waals surface area contributed by atoms with Gasteiger partial charge < -0.3 is 10.2 Å². The van der Waals surface area contributed by atoms with E-state index in [1.54, 1.807) is 10.4 Å². The molecule has 1 fully saturated rings. The van der Waals surface area contributed by atoms with Crippen LogP contribution in [0.4, 0.5) is 0 Å². The smallest absolute Gasteiger partial charge is 0.0327 e. The highest BCUT2D eigenvalue weighted by atomic mass is 32.1. The molecule has 0 radical (unpaired) electrons. The summed E-state index contributed by atoms with van der Waals surface area (Å²) in [6.07, 6.45) is 4.01. The number of fused-ring (bicyclic) bond motifs is 1. The van der Waals surface area contributed by atoms with Crippen LogP contribution in [0.5, 0.6) is 0 Å². The van der Waals surface area contributed by atoms with E-state index in [2.05, 4.69) is 23.3 Å². The lowest BCUT2D eigenvalue weighted by Crippen LogP contribution is -2.24. The van der Waals surface area contributed by atoms with E-state index in [1.165, 1.54) is 30.7 Å². The molecule has 82 valence electrons. The number of nitrogens with one attached hydrogen (secondary N) is 1. The molecule has 0 bridgehead atoms. The number of likely N-dealkylation sites (N-methyl/N-ethyl adjacent to an activating group) is 1. The Labute approximate surface area is 95.3 Å². The Bertz CT molecular complexity index is 355. The molecule has 0 aromatic carbocycles. The Hall–Kier alpha value is -0.380. The van der Waals surface area contributed by atoms with Crippen molar-refractivity contribution in [3.05, 3.63) is 21.4 Å². The predicted octanol–water partition coefficient (Wildman–Crippen LogP) is 1.99. The van der Waals surface area contributed by atoms with Gasteiger partial charge in [0, 0.05) is 35.4 Å². The van der Waals surface area contributed by atoms with Gasteiger partial charge in [0.15, 0.2) is 0 Å². The molecular formula is C12H18N2S. The van der Waals surface area contributed by atoms with Crippen molar-refractivity contribution in [3.8, 4) is 0 Å². The second-order valence-corrected chi connectivity index (χ2v) is 6.03. The fraction of sp³-hybridized carbons (Fsp3) is 0.667. The zero-order valence-corrected chi connectivity index (χ0v) is 10.1. The SMILES string of the molecule is CN1CCc2cc(CNC3CC3)sc2C1. The molecule has 2 heterocycles. The lowest BCUT2D eigenvalue weighted by molar-refractivity contribution is 0.317. The predicted molar refractivity (Wildman–Crippen MR) is 64.2 cm³/mol. The van der Waals surface area contributed by atoms with Crippen LogP contribution in [-0.2, 0) is 19.5 Å². The van der Waals surface area contributed by atoms with Gasteiger partial charge in [0.05, 0.1) is 0 Å². The van der Waals surface area contributed by atoms with Gasteiger partial charge in [0.1, 0.15) is 0 Å². The molecule has 1 aromatic heterocycles. The van der Waals surface area contributed by atoms with Gasteiger partial charge in [0.2, 0.25) is 0 Å². The average molecular weight is 222 g/mol. The maximum atomic E-state index is 3.59. The first-order chi connectivity index (χ1) is 7.31. The molecule has 0 amide bonds. The molecular weight excluding hydrogens is 204 g/mol. The number of hydrogen-bond donors (Lipinski definition) is 1. The van der Waals surface area contributed by atoms with Crippen molar-refractivity contribution in [3.63, 3.8) is 0 Å². The molecule has 1 saturated carbocycles. The number of nitrogens with zero attached hydrogens (tertiary/aromatic N) is 1. The minimum absolute atomic E-state index is 0.826. The summed E-state index contributed by atoms with van der Waals surface area (Å²) in [5, 5.41) is 3.59. The van der Waals surface area contributed by atoms with Crippen LogP contribution < -0.4 is 5.32 Å². The van der Waals surface area contributed by atoms with E-state index >= 15 is 0 Å². The second kappa shape index (κ2) is 3.89. The van der Waals surface area contributed by atoms with Gasteiger partial charge in [-0.2, -0.15) is 0 Å². The van der Waals surface area contributed by atoms with Crippen LogP contribution in [0.3, 0.4) is 0 Å². The molecule has 0 spiro atoms. The van der Waals surface area contributed by atoms with E-state index in [0.29, 0.717) is 0 Å². The van der Waals surface area contributed by atoms with E-state index in [4.69, 9.17) is 0 Å². The fourth-order valence-electron chi connectivity index (χ4n) is 2.13. The van der Waals surface area contributed by atoms with Crippen molar-refractivity contribution >= 4 is 11.3 Å². The van der Waals surface area contributed by atoms with Gasteiger partial charge in [-0.05, 0) is 37.9 Å². The molecule has 0 unspecified atom stereocenters. The van der Waals surface area contributed by atoms with Gasteiger partial charge in [0.25, 0.3) is 0 Å². The van der Waals surface area contributed by atoms with Crippen LogP contribution in [0, 0.1) is 0 Å². The highest BCUT2D eigenvalue weighted by molar-refractivity contribution is 7.12. The molecule has 1 N–H and O–H groups in total. The zero-order valence-electron chi connectivity index (χ0n) is 9.25. The lowest BCUT2D eigenvalue weighted by atomic mass is 10.1. The van der Waals surface area contributed by atoms with Gasteiger partial charge in [-0.15, -0.1) is 11.3 Å². The Morgan fingerprint density at radius 2 is 2.40 bits per heavy atom. The minimum Gasteiger partial charge on any atom is -0.309 e. The summed E-state index contributed by atoms with van der Waals surface area (Å²) in [7, 11) is 2.21. The summed E-state index contributed by atoms with van der Waals surface area (Å²) in [5.41, 5.74) is 1.60. The highest BCUT2D eigenvalue weighted by Crippen LogP contribution is 2.28. The van der Waals surface area contributed by atoms with Crippen LogP contribution in [0.25, 0.3) is 0 Å². The molecule has 1 aliphatic carbocycles. The molecule has 3 rings (SSSR count). The van der Waals surface area contributed by atoms with Crippen molar-refractivity contribution < 1.29 is 0 Å². The van der Waals surface area contributed by atoms with E-state index in [-0.39, 0.29) is 0 Å². The third kappa shape index (κ3) is 2.25. The second-order valence-electron chi connectivity index (χ2n) is 4.80. The molecule has 0 saturated heterocycles. The minimum atomic E-state index is 0.826. The van der Waals surface area contributed by atoms with Crippen LogP contribution in [0.2, 0.25) is 0 Å². The lowest BCUT2D eigenvalue weighted by Gasteiger charge is -2.21. The summed E-state index contributed by atoms with van der Waals surface area (Å²) in [5.74, 6) is 0. The maximum Gasteiger partial charge on any atom is 0.0327 e. The molecule has 2 nitrogen and oxygen atoms in total. The largest absolute Gasteiger partial charge is 0.309 e. The van der Waals surface area contributed by atoms with Gasteiger partial charge in [-0.3, -0.25) is 0 Å². The summed E-state index contributed by atoms with van der Waals surface area (Å²) in [6.45, 7) is 3.47. The van der Waals surface area contributed by atoms with Gasteiger partial charge >= 0.3 is 0 Å². The van der Waals surface area contributed by atoms with Crippen LogP contribution in [0.15, 0.2) is 6.07 Å². The molecule has 3 heteroatoms. The average Bonchev–Trinajstić information content (AvgIpc) is 2.95. The number of rotatable bonds is 3. The normalized spacial score (nSPS) is 21.7. The van der Waals surface area contributed by atoms with Gasteiger partial charge in [-0.25, -0.2) is 0 Å². The highest BCUT2D eigenvalue weighted by Gasteiger charge is 2.21. The van der Waals surface area contributed by atoms with Crippen LogP contribution >= 0.6 is 11.3 Å². The van der Waals surface area contributed by atoms with Crippen molar-refractivity contribution in [1.29, 1.82) is 0 Å². The Kier molecular flexibility index (Phi) is 2.54. The Morgan fingerprint density at radius 3 is 3.20 bits per heavy atom. The molecule has 0 atom stereocenters. The fourth-order valence-corrected chi connectivity index (χ4v) is 3.38.